The fraction of sp³-hybridized carbons (Fsp3) is 0.565. The van der Waals surface area contributed by atoms with Gasteiger partial charge < -0.3 is 15.3 Å². The van der Waals surface area contributed by atoms with Crippen molar-refractivity contribution in [3.8, 4) is 0 Å². The third kappa shape index (κ3) is 5.55. The molecule has 10 nitrogen and oxygen atoms in total. The summed E-state index contributed by atoms with van der Waals surface area (Å²) in [6.45, 7) is 4.69. The number of carbonyl (C=O) groups is 3. The van der Waals surface area contributed by atoms with Gasteiger partial charge >= 0.3 is 0 Å². The number of fused-ring (bicyclic) bond motifs is 2. The first kappa shape index (κ1) is 24.3. The maximum Gasteiger partial charge on any atom is 0.290 e. The fourth-order valence-electron chi connectivity index (χ4n) is 5.11. The highest BCUT2D eigenvalue weighted by atomic mass is 16.3. The lowest BCUT2D eigenvalue weighted by Gasteiger charge is -2.36. The maximum atomic E-state index is 13.5. The van der Waals surface area contributed by atoms with Gasteiger partial charge in [0.25, 0.3) is 6.47 Å². The summed E-state index contributed by atoms with van der Waals surface area (Å²) in [6, 6.07) is 1.90. The first-order valence-electron chi connectivity index (χ1n) is 11.3. The molecular weight excluding hydrogens is 424 g/mol. The Morgan fingerprint density at radius 2 is 2.09 bits per heavy atom. The molecule has 2 saturated heterocycles. The largest absolute Gasteiger partial charge is 0.483 e. The monoisotopic (exact) mass is 456 g/mol. The van der Waals surface area contributed by atoms with Gasteiger partial charge in [-0.1, -0.05) is 13.8 Å². The lowest BCUT2D eigenvalue weighted by atomic mass is 9.69. The molecule has 2 aliphatic heterocycles. The Hall–Kier alpha value is -3.30. The van der Waals surface area contributed by atoms with E-state index in [0.717, 1.165) is 37.8 Å². The van der Waals surface area contributed by atoms with Gasteiger partial charge in [0.15, 0.2) is 0 Å². The highest BCUT2D eigenvalue weighted by molar-refractivity contribution is 5.87. The van der Waals surface area contributed by atoms with Crippen LogP contribution in [0.5, 0.6) is 0 Å². The minimum atomic E-state index is -0.533. The van der Waals surface area contributed by atoms with E-state index in [1.165, 1.54) is 0 Å². The topological polar surface area (TPSA) is 130 Å². The molecule has 2 N–H and O–H groups in total. The summed E-state index contributed by atoms with van der Waals surface area (Å²) in [6.07, 6.45) is 12.7. The molecule has 0 aliphatic carbocycles. The number of aromatic nitrogens is 4. The molecule has 178 valence electrons. The lowest BCUT2D eigenvalue weighted by molar-refractivity contribution is -0.137. The van der Waals surface area contributed by atoms with E-state index in [9.17, 15) is 9.59 Å². The molecule has 0 aromatic carbocycles. The van der Waals surface area contributed by atoms with Gasteiger partial charge in [-0.2, -0.15) is 5.10 Å². The Kier molecular flexibility index (Phi) is 8.13. The molecule has 4 rings (SSSR count). The quantitative estimate of drug-likeness (QED) is 0.580. The Labute approximate surface area is 193 Å². The molecule has 2 aromatic rings. The van der Waals surface area contributed by atoms with Gasteiger partial charge in [-0.25, -0.2) is 0 Å². The summed E-state index contributed by atoms with van der Waals surface area (Å²) in [5.41, 5.74) is 0.203. The highest BCUT2D eigenvalue weighted by Crippen LogP contribution is 2.53. The first-order valence-corrected chi connectivity index (χ1v) is 11.3. The third-order valence-electron chi connectivity index (χ3n) is 6.55. The average molecular weight is 457 g/mol. The van der Waals surface area contributed by atoms with E-state index in [1.807, 2.05) is 11.0 Å². The van der Waals surface area contributed by atoms with Crippen LogP contribution in [0.25, 0.3) is 0 Å². The van der Waals surface area contributed by atoms with Gasteiger partial charge in [0.1, 0.15) is 6.54 Å². The zero-order valence-electron chi connectivity index (χ0n) is 19.1. The summed E-state index contributed by atoms with van der Waals surface area (Å²) in [5, 5.41) is 14.2. The van der Waals surface area contributed by atoms with Gasteiger partial charge in [-0.15, -0.1) is 0 Å². The SMILES string of the molecule is CC(C)CC[C@]1(C(=O)NCc2cnccn2)C[C@H]2CC[C@@H]1N2C(=O)Cn1cccn1.O=CO. The second-order valence-electron chi connectivity index (χ2n) is 9.03. The Morgan fingerprint density at radius 3 is 2.73 bits per heavy atom. The maximum absolute atomic E-state index is 13.5. The van der Waals surface area contributed by atoms with E-state index < -0.39 is 5.41 Å². The van der Waals surface area contributed by atoms with Crippen LogP contribution >= 0.6 is 0 Å². The lowest BCUT2D eigenvalue weighted by Crippen LogP contribution is -2.50. The number of hydrogen-bond donors (Lipinski definition) is 2. The van der Waals surface area contributed by atoms with Gasteiger partial charge in [0.05, 0.1) is 23.9 Å². The van der Waals surface area contributed by atoms with Crippen molar-refractivity contribution >= 4 is 18.3 Å². The molecule has 0 radical (unpaired) electrons. The summed E-state index contributed by atoms with van der Waals surface area (Å²) >= 11 is 0. The molecule has 3 atom stereocenters. The third-order valence-corrected chi connectivity index (χ3v) is 6.55. The number of hydrogen-bond acceptors (Lipinski definition) is 6. The van der Waals surface area contributed by atoms with E-state index in [-0.39, 0.29) is 36.9 Å². The summed E-state index contributed by atoms with van der Waals surface area (Å²) in [4.78, 5) is 45.3. The zero-order valence-corrected chi connectivity index (χ0v) is 19.1. The van der Waals surface area contributed by atoms with Crippen LogP contribution in [-0.4, -0.2) is 60.1 Å². The van der Waals surface area contributed by atoms with Gasteiger partial charge in [0, 0.05) is 36.9 Å². The van der Waals surface area contributed by atoms with Crippen LogP contribution in [0.3, 0.4) is 0 Å². The van der Waals surface area contributed by atoms with Gasteiger partial charge in [-0.05, 0) is 44.1 Å². The van der Waals surface area contributed by atoms with Crippen molar-refractivity contribution in [2.24, 2.45) is 11.3 Å². The van der Waals surface area contributed by atoms with Crippen molar-refractivity contribution in [2.45, 2.75) is 71.1 Å². The Morgan fingerprint density at radius 1 is 1.30 bits per heavy atom. The minimum absolute atomic E-state index is 0.0397. The molecule has 4 heterocycles. The predicted molar refractivity (Wildman–Crippen MR) is 120 cm³/mol. The second-order valence-corrected chi connectivity index (χ2v) is 9.03. The normalized spacial score (nSPS) is 23.2. The van der Waals surface area contributed by atoms with Crippen LogP contribution in [0, 0.1) is 11.3 Å². The molecular formula is C23H32N6O4. The smallest absolute Gasteiger partial charge is 0.290 e. The number of amides is 2. The number of rotatable bonds is 8. The fourth-order valence-corrected chi connectivity index (χ4v) is 5.11. The zero-order chi connectivity index (χ0) is 23.8. The standard InChI is InChI=1S/C22H30N6O2.CH2O2/c1-16(2)6-7-22(21(30)25-14-17-13-23-9-10-24-17)12-18-4-5-19(22)28(18)20(29)15-27-11-3-8-26-27;2-1-3/h3,8-11,13,16,18-19H,4-7,12,14-15H2,1-2H3,(H,25,30);1H,(H,2,3)/t18-,19+,22+;/m1./s1. The van der Waals surface area contributed by atoms with Gasteiger partial charge in [-0.3, -0.25) is 29.0 Å². The van der Waals surface area contributed by atoms with E-state index in [4.69, 9.17) is 9.90 Å². The van der Waals surface area contributed by atoms with Crippen LogP contribution in [-0.2, 0) is 27.5 Å². The summed E-state index contributed by atoms with van der Waals surface area (Å²) in [5.74, 6) is 0.597. The highest BCUT2D eigenvalue weighted by Gasteiger charge is 2.60. The first-order chi connectivity index (χ1) is 15.9. The van der Waals surface area contributed by atoms with E-state index in [1.54, 1.807) is 35.7 Å². The Bertz CT molecular complexity index is 920. The van der Waals surface area contributed by atoms with Crippen LogP contribution in [0.2, 0.25) is 0 Å². The predicted octanol–water partition coefficient (Wildman–Crippen LogP) is 1.88. The molecule has 2 bridgehead atoms. The van der Waals surface area contributed by atoms with Crippen LogP contribution in [0.15, 0.2) is 37.1 Å². The molecule has 0 spiro atoms. The van der Waals surface area contributed by atoms with E-state index in [0.29, 0.717) is 12.5 Å². The summed E-state index contributed by atoms with van der Waals surface area (Å²) in [7, 11) is 0. The molecule has 0 unspecified atom stereocenters. The average Bonchev–Trinajstić information content (AvgIpc) is 3.53. The van der Waals surface area contributed by atoms with E-state index in [2.05, 4.69) is 34.2 Å². The van der Waals surface area contributed by atoms with Crippen LogP contribution < -0.4 is 5.32 Å². The molecule has 2 aliphatic rings. The van der Waals surface area contributed by atoms with Crippen molar-refractivity contribution in [1.82, 2.24) is 30.0 Å². The van der Waals surface area contributed by atoms with Crippen LogP contribution in [0.1, 0.15) is 51.6 Å². The van der Waals surface area contributed by atoms with E-state index >= 15 is 0 Å². The van der Waals surface area contributed by atoms with Crippen LogP contribution in [0.4, 0.5) is 0 Å². The minimum Gasteiger partial charge on any atom is -0.483 e. The molecule has 2 fully saturated rings. The summed E-state index contributed by atoms with van der Waals surface area (Å²) < 4.78 is 1.66. The van der Waals surface area contributed by atoms with Crippen molar-refractivity contribution in [2.75, 3.05) is 0 Å². The Balaban J connectivity index is 0.000000968. The van der Waals surface area contributed by atoms with Crippen molar-refractivity contribution in [3.63, 3.8) is 0 Å². The molecule has 10 heteroatoms. The second kappa shape index (κ2) is 11.0. The van der Waals surface area contributed by atoms with Crippen molar-refractivity contribution in [3.05, 3.63) is 42.7 Å². The van der Waals surface area contributed by atoms with Crippen molar-refractivity contribution in [1.29, 1.82) is 0 Å². The number of carboxylic acid groups (broad SMARTS) is 1. The van der Waals surface area contributed by atoms with Gasteiger partial charge in [0.2, 0.25) is 11.8 Å². The number of nitrogens with one attached hydrogen (secondary N) is 1. The molecule has 2 amide bonds. The number of nitrogens with zero attached hydrogens (tertiary/aromatic N) is 5. The molecule has 33 heavy (non-hydrogen) atoms. The van der Waals surface area contributed by atoms with Crippen molar-refractivity contribution < 1.29 is 19.5 Å². The molecule has 0 saturated carbocycles. The molecule has 2 aromatic heterocycles. The number of carbonyl (C=O) groups excluding carboxylic acids is 2.